The largest absolute Gasteiger partial charge is 0.496 e. The Morgan fingerprint density at radius 3 is 2.57 bits per heavy atom. The van der Waals surface area contributed by atoms with Crippen LogP contribution in [0.5, 0.6) is 5.75 Å². The normalized spacial score (nSPS) is 11.6. The molecule has 0 fully saturated rings. The molecular weight excluding hydrogens is 300 g/mol. The minimum atomic E-state index is -0.892. The maximum atomic E-state index is 11.9. The van der Waals surface area contributed by atoms with E-state index in [4.69, 9.17) is 9.47 Å². The summed E-state index contributed by atoms with van der Waals surface area (Å²) >= 11 is 0. The number of esters is 2. The zero-order valence-electron chi connectivity index (χ0n) is 13.2. The van der Waals surface area contributed by atoms with Crippen molar-refractivity contribution >= 4 is 28.5 Å². The second-order valence-electron chi connectivity index (χ2n) is 4.72. The van der Waals surface area contributed by atoms with E-state index in [9.17, 15) is 9.59 Å². The Bertz CT molecular complexity index is 717. The average Bonchev–Trinajstić information content (AvgIpc) is 2.59. The highest BCUT2D eigenvalue weighted by Gasteiger charge is 2.24. The van der Waals surface area contributed by atoms with Crippen LogP contribution in [0.15, 0.2) is 30.5 Å². The number of pyridine rings is 1. The number of methoxy groups -OCH3 is 3. The third-order valence-electron chi connectivity index (χ3n) is 3.38. The molecule has 2 aromatic rings. The smallest absolute Gasteiger partial charge is 0.328 e. The molecule has 1 heterocycles. The molecule has 1 aromatic carbocycles. The number of nitrogens with zero attached hydrogens (tertiary/aromatic N) is 1. The number of hydrogen-bond donors (Lipinski definition) is 1. The van der Waals surface area contributed by atoms with Gasteiger partial charge in [-0.3, -0.25) is 4.79 Å². The lowest BCUT2D eigenvalue weighted by Gasteiger charge is -2.17. The van der Waals surface area contributed by atoms with Crippen molar-refractivity contribution in [3.8, 4) is 5.75 Å². The molecule has 122 valence electrons. The molecule has 0 amide bonds. The molecule has 0 spiro atoms. The van der Waals surface area contributed by atoms with Crippen LogP contribution in [0, 0.1) is 0 Å². The van der Waals surface area contributed by atoms with E-state index in [1.54, 1.807) is 13.3 Å². The predicted molar refractivity (Wildman–Crippen MR) is 84.4 cm³/mol. The van der Waals surface area contributed by atoms with E-state index in [1.165, 1.54) is 14.2 Å². The number of rotatable bonds is 6. The number of ether oxygens (including phenoxy) is 3. The van der Waals surface area contributed by atoms with E-state index in [0.717, 1.165) is 10.8 Å². The molecular formula is C16H18N2O5. The highest BCUT2D eigenvalue weighted by atomic mass is 16.5. The number of hydrogen-bond acceptors (Lipinski definition) is 7. The Morgan fingerprint density at radius 1 is 1.13 bits per heavy atom. The zero-order valence-corrected chi connectivity index (χ0v) is 13.2. The fraction of sp³-hybridized carbons (Fsp3) is 0.312. The summed E-state index contributed by atoms with van der Waals surface area (Å²) in [7, 11) is 4.10. The summed E-state index contributed by atoms with van der Waals surface area (Å²) in [6, 6.07) is 6.42. The molecule has 0 saturated carbocycles. The van der Waals surface area contributed by atoms with Crippen molar-refractivity contribution in [1.82, 2.24) is 4.98 Å². The van der Waals surface area contributed by atoms with Crippen molar-refractivity contribution in [3.63, 3.8) is 0 Å². The van der Waals surface area contributed by atoms with Gasteiger partial charge in [-0.2, -0.15) is 0 Å². The summed E-state index contributed by atoms with van der Waals surface area (Å²) in [6.07, 6.45) is 1.44. The monoisotopic (exact) mass is 318 g/mol. The van der Waals surface area contributed by atoms with Gasteiger partial charge in [0, 0.05) is 17.0 Å². The average molecular weight is 318 g/mol. The lowest BCUT2D eigenvalue weighted by molar-refractivity contribution is -0.148. The van der Waals surface area contributed by atoms with Gasteiger partial charge in [-0.05, 0) is 12.1 Å². The number of carbonyl (C=O) groups is 2. The fourth-order valence-corrected chi connectivity index (χ4v) is 2.22. The third-order valence-corrected chi connectivity index (χ3v) is 3.38. The second-order valence-corrected chi connectivity index (χ2v) is 4.72. The first-order chi connectivity index (χ1) is 11.1. The maximum absolute atomic E-state index is 11.9. The Balaban J connectivity index is 2.38. The van der Waals surface area contributed by atoms with Gasteiger partial charge in [0.25, 0.3) is 0 Å². The van der Waals surface area contributed by atoms with Crippen molar-refractivity contribution in [2.24, 2.45) is 0 Å². The van der Waals surface area contributed by atoms with Crippen molar-refractivity contribution in [3.05, 3.63) is 30.5 Å². The number of aromatic nitrogens is 1. The summed E-state index contributed by atoms with van der Waals surface area (Å²) in [5, 5.41) is 4.56. The van der Waals surface area contributed by atoms with Gasteiger partial charge in [-0.15, -0.1) is 0 Å². The van der Waals surface area contributed by atoms with E-state index >= 15 is 0 Å². The molecule has 0 aliphatic carbocycles. The van der Waals surface area contributed by atoms with Crippen molar-refractivity contribution in [2.45, 2.75) is 12.5 Å². The van der Waals surface area contributed by atoms with Crippen molar-refractivity contribution < 1.29 is 23.8 Å². The summed E-state index contributed by atoms with van der Waals surface area (Å²) in [5.41, 5.74) is 0. The third kappa shape index (κ3) is 3.68. The summed E-state index contributed by atoms with van der Waals surface area (Å²) in [4.78, 5) is 27.6. The van der Waals surface area contributed by atoms with Gasteiger partial charge in [0.1, 0.15) is 17.6 Å². The molecule has 23 heavy (non-hydrogen) atoms. The van der Waals surface area contributed by atoms with Crippen LogP contribution in [0.2, 0.25) is 0 Å². The summed E-state index contributed by atoms with van der Waals surface area (Å²) < 4.78 is 14.7. The molecule has 1 atom stereocenters. The van der Waals surface area contributed by atoms with Crippen LogP contribution in [0.1, 0.15) is 6.42 Å². The number of nitrogens with one attached hydrogen (secondary N) is 1. The van der Waals surface area contributed by atoms with Gasteiger partial charge < -0.3 is 19.5 Å². The minimum Gasteiger partial charge on any atom is -0.496 e. The Kier molecular flexibility index (Phi) is 5.35. The first-order valence-electron chi connectivity index (χ1n) is 6.93. The van der Waals surface area contributed by atoms with E-state index in [1.807, 2.05) is 24.3 Å². The van der Waals surface area contributed by atoms with E-state index in [2.05, 4.69) is 15.0 Å². The molecule has 0 radical (unpaired) electrons. The SMILES string of the molecule is COC(=O)CC(Nc1nccc2c(OC)cccc12)C(=O)OC. The topological polar surface area (TPSA) is 86.8 Å². The molecule has 2 rings (SSSR count). The Labute approximate surface area is 133 Å². The Hall–Kier alpha value is -2.83. The molecule has 0 bridgehead atoms. The van der Waals surface area contributed by atoms with Crippen LogP contribution in [0.3, 0.4) is 0 Å². The van der Waals surface area contributed by atoms with Gasteiger partial charge in [0.15, 0.2) is 0 Å². The van der Waals surface area contributed by atoms with Crippen LogP contribution < -0.4 is 10.1 Å². The van der Waals surface area contributed by atoms with Gasteiger partial charge in [-0.1, -0.05) is 12.1 Å². The van der Waals surface area contributed by atoms with Crippen LogP contribution in [0.4, 0.5) is 5.82 Å². The first kappa shape index (κ1) is 16.5. The summed E-state index contributed by atoms with van der Waals surface area (Å²) in [5.74, 6) is 0.0547. The molecule has 1 N–H and O–H groups in total. The van der Waals surface area contributed by atoms with Gasteiger partial charge in [0.2, 0.25) is 0 Å². The van der Waals surface area contributed by atoms with E-state index in [0.29, 0.717) is 11.6 Å². The standard InChI is InChI=1S/C16H18N2O5/c1-21-13-6-4-5-11-10(13)7-8-17-15(11)18-12(16(20)23-3)9-14(19)22-2/h4-8,12H,9H2,1-3H3,(H,17,18). The van der Waals surface area contributed by atoms with Gasteiger partial charge >= 0.3 is 11.9 Å². The number of carbonyl (C=O) groups excluding carboxylic acids is 2. The Morgan fingerprint density at radius 2 is 1.91 bits per heavy atom. The summed E-state index contributed by atoms with van der Waals surface area (Å²) in [6.45, 7) is 0. The molecule has 7 nitrogen and oxygen atoms in total. The number of fused-ring (bicyclic) bond motifs is 1. The zero-order chi connectivity index (χ0) is 16.8. The molecule has 1 aromatic heterocycles. The van der Waals surface area contributed by atoms with Crippen LogP contribution in [0.25, 0.3) is 10.8 Å². The molecule has 0 saturated heterocycles. The highest BCUT2D eigenvalue weighted by Crippen LogP contribution is 2.29. The van der Waals surface area contributed by atoms with E-state index < -0.39 is 18.0 Å². The molecule has 7 heteroatoms. The molecule has 1 unspecified atom stereocenters. The minimum absolute atomic E-state index is 0.161. The van der Waals surface area contributed by atoms with Crippen LogP contribution >= 0.6 is 0 Å². The van der Waals surface area contributed by atoms with E-state index in [-0.39, 0.29) is 6.42 Å². The van der Waals surface area contributed by atoms with Gasteiger partial charge in [0.05, 0.1) is 27.8 Å². The molecule has 0 aliphatic heterocycles. The number of benzene rings is 1. The predicted octanol–water partition coefficient (Wildman–Crippen LogP) is 1.76. The van der Waals surface area contributed by atoms with Crippen molar-refractivity contribution in [2.75, 3.05) is 26.6 Å². The van der Waals surface area contributed by atoms with Gasteiger partial charge in [-0.25, -0.2) is 9.78 Å². The lowest BCUT2D eigenvalue weighted by Crippen LogP contribution is -2.33. The fourth-order valence-electron chi connectivity index (χ4n) is 2.22. The quantitative estimate of drug-likeness (QED) is 0.812. The first-order valence-corrected chi connectivity index (χ1v) is 6.93. The van der Waals surface area contributed by atoms with Crippen LogP contribution in [-0.2, 0) is 19.1 Å². The second kappa shape index (κ2) is 7.44. The highest BCUT2D eigenvalue weighted by molar-refractivity contribution is 5.97. The van der Waals surface area contributed by atoms with Crippen molar-refractivity contribution in [1.29, 1.82) is 0 Å². The maximum Gasteiger partial charge on any atom is 0.328 e. The number of anilines is 1. The lowest BCUT2D eigenvalue weighted by atomic mass is 10.1. The molecule has 0 aliphatic rings. The van der Waals surface area contributed by atoms with Crippen LogP contribution in [-0.4, -0.2) is 44.3 Å².